The largest absolute Gasteiger partial charge is 0.493 e. The zero-order valence-electron chi connectivity index (χ0n) is 18.4. The standard InChI is InChI=1S/C24H25N5O3/c1-14-22(16-4-5-16)32-23-20(30-3)6-15(7-21(23)31-14)11-29-13-26-19-8-17(9-25-24(19)29)18-10-27-28(2)12-18/h6-10,12-14,16,22H,4-5,11H2,1-3H3/t14-,22+/m1/s1. The zero-order valence-corrected chi connectivity index (χ0v) is 18.4. The van der Waals surface area contributed by atoms with Crippen LogP contribution in [0.3, 0.4) is 0 Å². The molecule has 0 N–H and O–H groups in total. The highest BCUT2D eigenvalue weighted by Crippen LogP contribution is 2.47. The Hall–Kier alpha value is -3.55. The van der Waals surface area contributed by atoms with Gasteiger partial charge in [-0.3, -0.25) is 4.68 Å². The number of methoxy groups -OCH3 is 1. The Bertz CT molecular complexity index is 1310. The molecular formula is C24H25N5O3. The minimum atomic E-state index is 0.0246. The van der Waals surface area contributed by atoms with E-state index in [1.54, 1.807) is 11.8 Å². The van der Waals surface area contributed by atoms with E-state index in [-0.39, 0.29) is 12.2 Å². The molecule has 164 valence electrons. The fraction of sp³-hybridized carbons (Fsp3) is 0.375. The first kappa shape index (κ1) is 19.2. The molecule has 4 aromatic rings. The van der Waals surface area contributed by atoms with Crippen molar-refractivity contribution in [2.24, 2.45) is 13.0 Å². The van der Waals surface area contributed by atoms with Gasteiger partial charge in [0.15, 0.2) is 17.1 Å². The Morgan fingerprint density at radius 2 is 1.97 bits per heavy atom. The molecule has 1 aromatic carbocycles. The molecule has 8 nitrogen and oxygen atoms in total. The smallest absolute Gasteiger partial charge is 0.204 e. The molecule has 0 unspecified atom stereocenters. The van der Waals surface area contributed by atoms with E-state index in [9.17, 15) is 0 Å². The van der Waals surface area contributed by atoms with Crippen LogP contribution in [0.5, 0.6) is 17.2 Å². The van der Waals surface area contributed by atoms with Gasteiger partial charge in [0.25, 0.3) is 0 Å². The molecule has 0 bridgehead atoms. The first-order valence-electron chi connectivity index (χ1n) is 10.9. The average molecular weight is 431 g/mol. The van der Waals surface area contributed by atoms with E-state index >= 15 is 0 Å². The van der Waals surface area contributed by atoms with Gasteiger partial charge in [0.1, 0.15) is 17.7 Å². The van der Waals surface area contributed by atoms with Gasteiger partial charge in [0, 0.05) is 30.6 Å². The zero-order chi connectivity index (χ0) is 21.8. The van der Waals surface area contributed by atoms with Crippen molar-refractivity contribution >= 4 is 11.2 Å². The lowest BCUT2D eigenvalue weighted by atomic mass is 10.1. The van der Waals surface area contributed by atoms with Gasteiger partial charge < -0.3 is 18.8 Å². The molecule has 1 saturated carbocycles. The van der Waals surface area contributed by atoms with Crippen LogP contribution in [0.25, 0.3) is 22.3 Å². The van der Waals surface area contributed by atoms with Crippen LogP contribution in [0, 0.1) is 5.92 Å². The van der Waals surface area contributed by atoms with E-state index in [2.05, 4.69) is 22.0 Å². The number of aromatic nitrogens is 5. The molecule has 2 aliphatic rings. The van der Waals surface area contributed by atoms with Gasteiger partial charge in [0.05, 0.1) is 26.2 Å². The van der Waals surface area contributed by atoms with Crippen molar-refractivity contribution in [1.29, 1.82) is 0 Å². The van der Waals surface area contributed by atoms with Crippen LogP contribution in [-0.4, -0.2) is 43.6 Å². The summed E-state index contributed by atoms with van der Waals surface area (Å²) in [4.78, 5) is 9.25. The van der Waals surface area contributed by atoms with Crippen LogP contribution in [0.15, 0.2) is 43.1 Å². The minimum Gasteiger partial charge on any atom is -0.493 e. The van der Waals surface area contributed by atoms with Gasteiger partial charge in [0.2, 0.25) is 5.75 Å². The third kappa shape index (κ3) is 3.26. The van der Waals surface area contributed by atoms with Gasteiger partial charge in [-0.05, 0) is 49.4 Å². The van der Waals surface area contributed by atoms with Gasteiger partial charge >= 0.3 is 0 Å². The van der Waals surface area contributed by atoms with E-state index in [0.29, 0.717) is 24.0 Å². The summed E-state index contributed by atoms with van der Waals surface area (Å²) in [7, 11) is 3.57. The van der Waals surface area contributed by atoms with Crippen LogP contribution in [0.2, 0.25) is 0 Å². The number of hydrogen-bond donors (Lipinski definition) is 0. The van der Waals surface area contributed by atoms with Gasteiger partial charge in [-0.1, -0.05) is 0 Å². The number of ether oxygens (including phenoxy) is 3. The summed E-state index contributed by atoms with van der Waals surface area (Å²) in [5.41, 5.74) is 4.73. The maximum atomic E-state index is 6.32. The van der Waals surface area contributed by atoms with E-state index in [0.717, 1.165) is 33.6 Å². The van der Waals surface area contributed by atoms with E-state index < -0.39 is 0 Å². The molecule has 1 aliphatic heterocycles. The molecule has 8 heteroatoms. The number of imidazole rings is 1. The molecule has 0 saturated heterocycles. The normalized spacial score (nSPS) is 20.0. The average Bonchev–Trinajstić information content (AvgIpc) is 3.42. The summed E-state index contributed by atoms with van der Waals surface area (Å²) in [5.74, 6) is 2.73. The van der Waals surface area contributed by atoms with Gasteiger partial charge in [-0.2, -0.15) is 5.10 Å². The molecule has 0 amide bonds. The molecule has 32 heavy (non-hydrogen) atoms. The first-order chi connectivity index (χ1) is 15.6. The quantitative estimate of drug-likeness (QED) is 0.478. The summed E-state index contributed by atoms with van der Waals surface area (Å²) in [6.07, 6.45) is 10.0. The molecule has 0 spiro atoms. The fourth-order valence-electron chi connectivity index (χ4n) is 4.47. The summed E-state index contributed by atoms with van der Waals surface area (Å²) in [6.45, 7) is 2.68. The molecule has 4 heterocycles. The third-order valence-electron chi connectivity index (χ3n) is 6.26. The number of fused-ring (bicyclic) bond motifs is 2. The number of rotatable bonds is 5. The summed E-state index contributed by atoms with van der Waals surface area (Å²) in [6, 6.07) is 6.09. The number of aryl methyl sites for hydroxylation is 1. The van der Waals surface area contributed by atoms with Crippen molar-refractivity contribution < 1.29 is 14.2 Å². The Morgan fingerprint density at radius 3 is 2.72 bits per heavy atom. The Morgan fingerprint density at radius 1 is 1.09 bits per heavy atom. The van der Waals surface area contributed by atoms with Crippen LogP contribution in [-0.2, 0) is 13.6 Å². The molecule has 6 rings (SSSR count). The monoisotopic (exact) mass is 431 g/mol. The second-order valence-electron chi connectivity index (χ2n) is 8.71. The number of nitrogens with zero attached hydrogens (tertiary/aromatic N) is 5. The molecule has 3 aromatic heterocycles. The topological polar surface area (TPSA) is 76.2 Å². The Kier molecular flexibility index (Phi) is 4.34. The van der Waals surface area contributed by atoms with Crippen molar-refractivity contribution in [2.75, 3.05) is 7.11 Å². The lowest BCUT2D eigenvalue weighted by Crippen LogP contribution is -2.39. The number of pyridine rings is 1. The van der Waals surface area contributed by atoms with Gasteiger partial charge in [-0.25, -0.2) is 9.97 Å². The highest BCUT2D eigenvalue weighted by atomic mass is 16.6. The SMILES string of the molecule is COc1cc(Cn2cnc3cc(-c4cnn(C)c4)cnc32)cc2c1O[C@H](C1CC1)[C@@H](C)O2. The number of hydrogen-bond acceptors (Lipinski definition) is 6. The van der Waals surface area contributed by atoms with Crippen molar-refractivity contribution in [3.05, 3.63) is 48.7 Å². The third-order valence-corrected chi connectivity index (χ3v) is 6.26. The number of benzene rings is 1. The van der Waals surface area contributed by atoms with Crippen LogP contribution >= 0.6 is 0 Å². The second kappa shape index (κ2) is 7.25. The maximum absolute atomic E-state index is 6.32. The fourth-order valence-corrected chi connectivity index (χ4v) is 4.47. The summed E-state index contributed by atoms with van der Waals surface area (Å²) in [5, 5.41) is 4.24. The molecule has 1 fully saturated rings. The van der Waals surface area contributed by atoms with Crippen molar-refractivity contribution in [3.8, 4) is 28.4 Å². The highest BCUT2D eigenvalue weighted by molar-refractivity contribution is 5.77. The van der Waals surface area contributed by atoms with Gasteiger partial charge in [-0.15, -0.1) is 0 Å². The highest BCUT2D eigenvalue weighted by Gasteiger charge is 2.41. The van der Waals surface area contributed by atoms with E-state index in [1.165, 1.54) is 12.8 Å². The van der Waals surface area contributed by atoms with Crippen molar-refractivity contribution in [1.82, 2.24) is 24.3 Å². The van der Waals surface area contributed by atoms with Crippen LogP contribution in [0.1, 0.15) is 25.3 Å². The summed E-state index contributed by atoms with van der Waals surface area (Å²) < 4.78 is 22.0. The van der Waals surface area contributed by atoms with Crippen molar-refractivity contribution in [3.63, 3.8) is 0 Å². The van der Waals surface area contributed by atoms with Crippen molar-refractivity contribution in [2.45, 2.75) is 38.5 Å². The van der Waals surface area contributed by atoms with Crippen LogP contribution < -0.4 is 14.2 Å². The first-order valence-corrected chi connectivity index (χ1v) is 10.9. The second-order valence-corrected chi connectivity index (χ2v) is 8.71. The maximum Gasteiger partial charge on any atom is 0.204 e. The lowest BCUT2D eigenvalue weighted by molar-refractivity contribution is 0.0161. The molecular weight excluding hydrogens is 406 g/mol. The Labute approximate surface area is 185 Å². The Balaban J connectivity index is 1.31. The summed E-state index contributed by atoms with van der Waals surface area (Å²) >= 11 is 0. The predicted molar refractivity (Wildman–Crippen MR) is 119 cm³/mol. The van der Waals surface area contributed by atoms with E-state index in [1.807, 2.05) is 54.7 Å². The predicted octanol–water partition coefficient (Wildman–Crippen LogP) is 3.83. The molecule has 1 aliphatic carbocycles. The van der Waals surface area contributed by atoms with Crippen LogP contribution in [0.4, 0.5) is 0 Å². The lowest BCUT2D eigenvalue weighted by Gasteiger charge is -2.33. The minimum absolute atomic E-state index is 0.0246. The molecule has 0 radical (unpaired) electrons. The molecule has 2 atom stereocenters. The van der Waals surface area contributed by atoms with E-state index in [4.69, 9.17) is 14.2 Å².